The zero-order valence-corrected chi connectivity index (χ0v) is 12.9. The third kappa shape index (κ3) is 2.83. The number of anilines is 1. The van der Waals surface area contributed by atoms with E-state index >= 15 is 0 Å². The molecule has 0 aliphatic carbocycles. The van der Waals surface area contributed by atoms with Crippen molar-refractivity contribution in [2.75, 3.05) is 18.4 Å². The van der Waals surface area contributed by atoms with E-state index in [9.17, 15) is 14.9 Å². The zero-order chi connectivity index (χ0) is 14.9. The average Bonchev–Trinajstić information content (AvgIpc) is 2.80. The fourth-order valence-corrected chi connectivity index (χ4v) is 2.79. The molecule has 1 aromatic rings. The van der Waals surface area contributed by atoms with Gasteiger partial charge in [-0.15, -0.1) is 0 Å². The number of aryl methyl sites for hydroxylation is 1. The van der Waals surface area contributed by atoms with E-state index in [1.807, 2.05) is 6.92 Å². The van der Waals surface area contributed by atoms with Gasteiger partial charge < -0.3 is 10.6 Å². The summed E-state index contributed by atoms with van der Waals surface area (Å²) in [6.45, 7) is 4.97. The molecule has 0 radical (unpaired) electrons. The van der Waals surface area contributed by atoms with Crippen LogP contribution in [0.15, 0.2) is 16.6 Å². The molecule has 1 aliphatic rings. The molecule has 1 heterocycles. The number of hydrogen-bond donors (Lipinski definition) is 2. The van der Waals surface area contributed by atoms with Crippen molar-refractivity contribution in [3.05, 3.63) is 32.3 Å². The monoisotopic (exact) mass is 341 g/mol. The molecule has 1 unspecified atom stereocenters. The number of carbonyl (C=O) groups excluding carboxylic acids is 1. The Morgan fingerprint density at radius 3 is 2.80 bits per heavy atom. The van der Waals surface area contributed by atoms with E-state index in [1.54, 1.807) is 13.0 Å². The number of nitrogens with zero attached hydrogens (tertiary/aromatic N) is 1. The van der Waals surface area contributed by atoms with Crippen LogP contribution in [-0.2, 0) is 4.79 Å². The summed E-state index contributed by atoms with van der Waals surface area (Å²) in [4.78, 5) is 22.8. The molecule has 108 valence electrons. The van der Waals surface area contributed by atoms with Gasteiger partial charge in [-0.05, 0) is 48.8 Å². The third-order valence-corrected chi connectivity index (χ3v) is 4.30. The molecule has 0 saturated carbocycles. The Labute approximate surface area is 125 Å². The smallest absolute Gasteiger partial charge is 0.274 e. The van der Waals surface area contributed by atoms with Gasteiger partial charge in [0.1, 0.15) is 0 Å². The topological polar surface area (TPSA) is 84.3 Å². The lowest BCUT2D eigenvalue weighted by Gasteiger charge is -2.22. The van der Waals surface area contributed by atoms with Gasteiger partial charge in [-0.2, -0.15) is 0 Å². The van der Waals surface area contributed by atoms with Gasteiger partial charge in [0.05, 0.1) is 16.0 Å². The average molecular weight is 342 g/mol. The summed E-state index contributed by atoms with van der Waals surface area (Å²) in [5.74, 6) is -0.124. The summed E-state index contributed by atoms with van der Waals surface area (Å²) in [5, 5.41) is 16.9. The van der Waals surface area contributed by atoms with E-state index < -0.39 is 10.3 Å². The lowest BCUT2D eigenvalue weighted by Crippen LogP contribution is -2.35. The van der Waals surface area contributed by atoms with Crippen LogP contribution in [0.2, 0.25) is 0 Å². The number of hydrogen-bond acceptors (Lipinski definition) is 4. The number of rotatable bonds is 3. The van der Waals surface area contributed by atoms with Crippen LogP contribution in [0.5, 0.6) is 0 Å². The molecular formula is C13H16BrN3O3. The molecule has 0 aromatic heterocycles. The van der Waals surface area contributed by atoms with Gasteiger partial charge in [0.2, 0.25) is 5.91 Å². The van der Waals surface area contributed by atoms with E-state index in [1.165, 1.54) is 6.07 Å². The Bertz CT molecular complexity index is 568. The molecule has 7 heteroatoms. The highest BCUT2D eigenvalue weighted by Gasteiger charge is 2.36. The van der Waals surface area contributed by atoms with Gasteiger partial charge in [0.15, 0.2) is 0 Å². The molecule has 1 saturated heterocycles. The molecule has 0 spiro atoms. The lowest BCUT2D eigenvalue weighted by atomic mass is 9.88. The number of amides is 1. The normalized spacial score (nSPS) is 21.8. The van der Waals surface area contributed by atoms with Crippen molar-refractivity contribution >= 4 is 33.2 Å². The molecule has 1 aliphatic heterocycles. The minimum Gasteiger partial charge on any atom is -0.324 e. The van der Waals surface area contributed by atoms with Crippen molar-refractivity contribution in [3.63, 3.8) is 0 Å². The van der Waals surface area contributed by atoms with E-state index in [0.29, 0.717) is 22.3 Å². The fraction of sp³-hybridized carbons (Fsp3) is 0.462. The van der Waals surface area contributed by atoms with E-state index in [2.05, 4.69) is 26.6 Å². The van der Waals surface area contributed by atoms with Crippen molar-refractivity contribution in [3.8, 4) is 0 Å². The molecule has 1 atom stereocenters. The number of halogens is 1. The van der Waals surface area contributed by atoms with Crippen molar-refractivity contribution in [1.29, 1.82) is 0 Å². The quantitative estimate of drug-likeness (QED) is 0.653. The van der Waals surface area contributed by atoms with E-state index in [0.717, 1.165) is 13.0 Å². The summed E-state index contributed by atoms with van der Waals surface area (Å²) >= 11 is 3.33. The number of nitro benzene ring substituents is 1. The van der Waals surface area contributed by atoms with Gasteiger partial charge in [-0.25, -0.2) is 0 Å². The van der Waals surface area contributed by atoms with Crippen molar-refractivity contribution in [1.82, 2.24) is 5.32 Å². The summed E-state index contributed by atoms with van der Waals surface area (Å²) in [6.07, 6.45) is 0.754. The summed E-state index contributed by atoms with van der Waals surface area (Å²) < 4.78 is 0.642. The Hall–Kier alpha value is -1.47. The van der Waals surface area contributed by atoms with Crippen LogP contribution in [0.25, 0.3) is 0 Å². The van der Waals surface area contributed by atoms with E-state index in [-0.39, 0.29) is 11.6 Å². The Morgan fingerprint density at radius 1 is 1.55 bits per heavy atom. The number of nitrogens with one attached hydrogen (secondary N) is 2. The molecule has 6 nitrogen and oxygen atoms in total. The third-order valence-electron chi connectivity index (χ3n) is 3.65. The summed E-state index contributed by atoms with van der Waals surface area (Å²) in [7, 11) is 0. The first-order valence-electron chi connectivity index (χ1n) is 6.30. The van der Waals surface area contributed by atoms with Crippen molar-refractivity contribution in [2.24, 2.45) is 5.41 Å². The van der Waals surface area contributed by atoms with Crippen LogP contribution in [0.4, 0.5) is 11.4 Å². The number of benzene rings is 1. The lowest BCUT2D eigenvalue weighted by molar-refractivity contribution is -0.385. The van der Waals surface area contributed by atoms with Gasteiger partial charge in [0.25, 0.3) is 5.69 Å². The summed E-state index contributed by atoms with van der Waals surface area (Å²) in [5.41, 5.74) is 0.506. The second-order valence-corrected chi connectivity index (χ2v) is 6.17. The predicted octanol–water partition coefficient (Wildman–Crippen LogP) is 2.60. The molecule has 1 amide bonds. The van der Waals surface area contributed by atoms with Crippen molar-refractivity contribution in [2.45, 2.75) is 20.3 Å². The van der Waals surface area contributed by atoms with Crippen LogP contribution >= 0.6 is 15.9 Å². The SMILES string of the molecule is Cc1cc(Br)c(NC(=O)C2(C)CCNC2)cc1[N+](=O)[O-]. The second-order valence-electron chi connectivity index (χ2n) is 5.32. The maximum absolute atomic E-state index is 12.3. The Kier molecular flexibility index (Phi) is 4.10. The van der Waals surface area contributed by atoms with Crippen LogP contribution in [-0.4, -0.2) is 23.9 Å². The Morgan fingerprint density at radius 2 is 2.25 bits per heavy atom. The molecule has 2 N–H and O–H groups in total. The van der Waals surface area contributed by atoms with Crippen LogP contribution in [0.3, 0.4) is 0 Å². The Balaban J connectivity index is 2.27. The van der Waals surface area contributed by atoms with Gasteiger partial charge >= 0.3 is 0 Å². The maximum atomic E-state index is 12.3. The first kappa shape index (κ1) is 14.9. The highest BCUT2D eigenvalue weighted by Crippen LogP contribution is 2.33. The fourth-order valence-electron chi connectivity index (χ4n) is 2.24. The van der Waals surface area contributed by atoms with Crippen LogP contribution in [0.1, 0.15) is 18.9 Å². The first-order chi connectivity index (χ1) is 9.33. The molecular weight excluding hydrogens is 326 g/mol. The molecule has 1 fully saturated rings. The van der Waals surface area contributed by atoms with Gasteiger partial charge in [-0.1, -0.05) is 0 Å². The highest BCUT2D eigenvalue weighted by molar-refractivity contribution is 9.10. The van der Waals surface area contributed by atoms with Crippen LogP contribution in [0, 0.1) is 22.5 Å². The molecule has 20 heavy (non-hydrogen) atoms. The molecule has 1 aromatic carbocycles. The minimum absolute atomic E-state index is 0.00167. The standard InChI is InChI=1S/C13H16BrN3O3/c1-8-5-9(14)10(6-11(8)17(19)20)16-12(18)13(2)3-4-15-7-13/h5-6,15H,3-4,7H2,1-2H3,(H,16,18). The van der Waals surface area contributed by atoms with Gasteiger partial charge in [-0.3, -0.25) is 14.9 Å². The second kappa shape index (κ2) is 5.49. The van der Waals surface area contributed by atoms with Crippen LogP contribution < -0.4 is 10.6 Å². The maximum Gasteiger partial charge on any atom is 0.274 e. The summed E-state index contributed by atoms with van der Waals surface area (Å²) in [6, 6.07) is 3.03. The van der Waals surface area contributed by atoms with Crippen molar-refractivity contribution < 1.29 is 9.72 Å². The van der Waals surface area contributed by atoms with E-state index in [4.69, 9.17) is 0 Å². The zero-order valence-electron chi connectivity index (χ0n) is 11.3. The number of nitro groups is 1. The number of carbonyl (C=O) groups is 1. The molecule has 0 bridgehead atoms. The first-order valence-corrected chi connectivity index (χ1v) is 7.09. The predicted molar refractivity (Wildman–Crippen MR) is 79.8 cm³/mol. The van der Waals surface area contributed by atoms with Gasteiger partial charge in [0, 0.05) is 22.6 Å². The largest absolute Gasteiger partial charge is 0.324 e. The minimum atomic E-state index is -0.473. The molecule has 2 rings (SSSR count). The highest BCUT2D eigenvalue weighted by atomic mass is 79.9.